The van der Waals surface area contributed by atoms with Crippen LogP contribution in [0.25, 0.3) is 0 Å². The summed E-state index contributed by atoms with van der Waals surface area (Å²) in [6, 6.07) is 3.14. The molecule has 0 amide bonds. The van der Waals surface area contributed by atoms with Gasteiger partial charge in [0.15, 0.2) is 0 Å². The molecule has 0 heterocycles. The maximum Gasteiger partial charge on any atom is 0.324 e. The molecule has 1 N–H and O–H groups in total. The van der Waals surface area contributed by atoms with Gasteiger partial charge in [0.1, 0.15) is 10.9 Å². The molecule has 0 fully saturated rings. The van der Waals surface area contributed by atoms with Gasteiger partial charge >= 0.3 is 5.97 Å². The second-order valence-corrected chi connectivity index (χ2v) is 8.53. The van der Waals surface area contributed by atoms with Crippen molar-refractivity contribution in [2.24, 2.45) is 0 Å². The van der Waals surface area contributed by atoms with Crippen LogP contribution in [0.1, 0.15) is 20.3 Å². The molecule has 1 rings (SSSR count). The minimum absolute atomic E-state index is 0.0303. The highest BCUT2D eigenvalue weighted by Crippen LogP contribution is 2.25. The lowest BCUT2D eigenvalue weighted by atomic mass is 10.2. The van der Waals surface area contributed by atoms with Gasteiger partial charge in [0, 0.05) is 5.02 Å². The Morgan fingerprint density at radius 3 is 2.57 bits per heavy atom. The average molecular weight is 400 g/mol. The van der Waals surface area contributed by atoms with E-state index in [9.17, 15) is 13.2 Å². The normalized spacial score (nSPS) is 13.1. The first-order chi connectivity index (χ1) is 10.7. The molecule has 9 heteroatoms. The van der Waals surface area contributed by atoms with Gasteiger partial charge in [-0.1, -0.05) is 23.2 Å². The molecule has 0 aliphatic heterocycles. The lowest BCUT2D eigenvalue weighted by Gasteiger charge is -2.19. The van der Waals surface area contributed by atoms with Gasteiger partial charge in [0.2, 0.25) is 10.0 Å². The Morgan fingerprint density at radius 2 is 2.00 bits per heavy atom. The fourth-order valence-corrected chi connectivity index (χ4v) is 4.16. The molecule has 0 bridgehead atoms. The van der Waals surface area contributed by atoms with Crippen LogP contribution in [0.2, 0.25) is 10.0 Å². The first-order valence-corrected chi connectivity index (χ1v) is 10.5. The predicted octanol–water partition coefficient (Wildman–Crippen LogP) is 3.35. The molecule has 1 unspecified atom stereocenters. The maximum atomic E-state index is 12.5. The van der Waals surface area contributed by atoms with E-state index in [-0.39, 0.29) is 21.0 Å². The third-order valence-electron chi connectivity index (χ3n) is 2.73. The lowest BCUT2D eigenvalue weighted by Crippen LogP contribution is -2.43. The van der Waals surface area contributed by atoms with E-state index in [1.54, 1.807) is 13.8 Å². The fraction of sp³-hybridized carbons (Fsp3) is 0.500. The van der Waals surface area contributed by atoms with E-state index in [1.165, 1.54) is 30.0 Å². The molecule has 1 atom stereocenters. The Bertz CT molecular complexity index is 650. The summed E-state index contributed by atoms with van der Waals surface area (Å²) in [5, 5.41) is 0.267. The number of sulfonamides is 1. The summed E-state index contributed by atoms with van der Waals surface area (Å²) in [6.45, 7) is 3.40. The Balaban J connectivity index is 3.04. The molecular weight excluding hydrogens is 381 g/mol. The zero-order valence-corrected chi connectivity index (χ0v) is 16.2. The molecule has 0 spiro atoms. The smallest absolute Gasteiger partial charge is 0.324 e. The molecule has 5 nitrogen and oxygen atoms in total. The minimum atomic E-state index is -4.00. The van der Waals surface area contributed by atoms with Crippen molar-refractivity contribution < 1.29 is 17.9 Å². The van der Waals surface area contributed by atoms with E-state index in [2.05, 4.69) is 4.72 Å². The quantitative estimate of drug-likeness (QED) is 0.678. The van der Waals surface area contributed by atoms with Gasteiger partial charge in [-0.05, 0) is 50.5 Å². The van der Waals surface area contributed by atoms with Crippen molar-refractivity contribution in [3.8, 4) is 0 Å². The summed E-state index contributed by atoms with van der Waals surface area (Å²) in [6.07, 6.45) is 1.84. The molecule has 1 aromatic carbocycles. The second kappa shape index (κ2) is 9.13. The predicted molar refractivity (Wildman–Crippen MR) is 94.8 cm³/mol. The van der Waals surface area contributed by atoms with Crippen molar-refractivity contribution in [1.29, 1.82) is 0 Å². The zero-order valence-electron chi connectivity index (χ0n) is 13.0. The van der Waals surface area contributed by atoms with Gasteiger partial charge < -0.3 is 4.74 Å². The Kier molecular flexibility index (Phi) is 8.17. The maximum absolute atomic E-state index is 12.5. The highest BCUT2D eigenvalue weighted by molar-refractivity contribution is 7.98. The molecule has 0 aliphatic carbocycles. The summed E-state index contributed by atoms with van der Waals surface area (Å²) in [4.78, 5) is 11.9. The third-order valence-corrected chi connectivity index (χ3v) is 5.56. The number of hydrogen-bond donors (Lipinski definition) is 1. The summed E-state index contributed by atoms with van der Waals surface area (Å²) < 4.78 is 32.5. The van der Waals surface area contributed by atoms with Gasteiger partial charge in [0.25, 0.3) is 0 Å². The lowest BCUT2D eigenvalue weighted by molar-refractivity contribution is -0.149. The zero-order chi connectivity index (χ0) is 17.6. The summed E-state index contributed by atoms with van der Waals surface area (Å²) in [5.74, 6) is -0.0142. The standard InChI is InChI=1S/C14H19Cl2NO4S2/c1-9(2)21-14(18)12(6-7-22-3)17-23(19,20)13-8-10(15)4-5-11(13)16/h4-5,8-9,12,17H,6-7H2,1-3H3. The molecule has 0 radical (unpaired) electrons. The largest absolute Gasteiger partial charge is 0.462 e. The van der Waals surface area contributed by atoms with Crippen LogP contribution < -0.4 is 4.72 Å². The van der Waals surface area contributed by atoms with Gasteiger partial charge in [0.05, 0.1) is 11.1 Å². The van der Waals surface area contributed by atoms with E-state index in [0.717, 1.165) is 0 Å². The molecule has 0 saturated carbocycles. The van der Waals surface area contributed by atoms with E-state index in [1.807, 2.05) is 6.26 Å². The molecule has 130 valence electrons. The number of hydrogen-bond acceptors (Lipinski definition) is 5. The second-order valence-electron chi connectivity index (χ2n) is 5.02. The van der Waals surface area contributed by atoms with Gasteiger partial charge in [-0.25, -0.2) is 8.42 Å². The van der Waals surface area contributed by atoms with Crippen molar-refractivity contribution in [2.75, 3.05) is 12.0 Å². The Hall–Kier alpha value is -0.470. The molecule has 1 aromatic rings. The number of halogens is 2. The van der Waals surface area contributed by atoms with Gasteiger partial charge in [-0.2, -0.15) is 16.5 Å². The Morgan fingerprint density at radius 1 is 1.35 bits per heavy atom. The average Bonchev–Trinajstić information content (AvgIpc) is 2.45. The van der Waals surface area contributed by atoms with E-state index in [4.69, 9.17) is 27.9 Å². The summed E-state index contributed by atoms with van der Waals surface area (Å²) in [5.41, 5.74) is 0. The van der Waals surface area contributed by atoms with Crippen molar-refractivity contribution in [1.82, 2.24) is 4.72 Å². The third kappa shape index (κ3) is 6.51. The monoisotopic (exact) mass is 399 g/mol. The molecule has 0 aromatic heterocycles. The Labute approximate surface area is 151 Å². The molecular formula is C14H19Cl2NO4S2. The van der Waals surface area contributed by atoms with Crippen LogP contribution in [0.5, 0.6) is 0 Å². The van der Waals surface area contributed by atoms with E-state index in [0.29, 0.717) is 12.2 Å². The van der Waals surface area contributed by atoms with E-state index < -0.39 is 22.0 Å². The molecule has 0 saturated heterocycles. The first kappa shape index (κ1) is 20.6. The topological polar surface area (TPSA) is 72.5 Å². The van der Waals surface area contributed by atoms with Crippen LogP contribution in [0.4, 0.5) is 0 Å². The number of thioether (sulfide) groups is 1. The molecule has 23 heavy (non-hydrogen) atoms. The highest BCUT2D eigenvalue weighted by Gasteiger charge is 2.28. The van der Waals surface area contributed by atoms with Gasteiger partial charge in [-0.3, -0.25) is 4.79 Å². The van der Waals surface area contributed by atoms with Crippen LogP contribution in [0, 0.1) is 0 Å². The van der Waals surface area contributed by atoms with Crippen molar-refractivity contribution >= 4 is 51.0 Å². The van der Waals surface area contributed by atoms with Crippen LogP contribution in [-0.4, -0.2) is 38.5 Å². The van der Waals surface area contributed by atoms with Crippen LogP contribution >= 0.6 is 35.0 Å². The summed E-state index contributed by atoms with van der Waals surface area (Å²) >= 11 is 13.3. The van der Waals surface area contributed by atoms with E-state index >= 15 is 0 Å². The molecule has 0 aliphatic rings. The SMILES string of the molecule is CSCCC(NS(=O)(=O)c1cc(Cl)ccc1Cl)C(=O)OC(C)C. The number of benzene rings is 1. The number of ether oxygens (including phenoxy) is 1. The fourth-order valence-electron chi connectivity index (χ4n) is 1.71. The van der Waals surface area contributed by atoms with Gasteiger partial charge in [-0.15, -0.1) is 0 Å². The summed E-state index contributed by atoms with van der Waals surface area (Å²) in [7, 11) is -4.00. The number of carbonyl (C=O) groups is 1. The first-order valence-electron chi connectivity index (χ1n) is 6.84. The van der Waals surface area contributed by atoms with Crippen molar-refractivity contribution in [3.05, 3.63) is 28.2 Å². The number of nitrogens with one attached hydrogen (secondary N) is 1. The number of rotatable bonds is 8. The number of esters is 1. The van der Waals surface area contributed by atoms with Crippen LogP contribution in [0.15, 0.2) is 23.1 Å². The van der Waals surface area contributed by atoms with Crippen molar-refractivity contribution in [2.45, 2.75) is 37.3 Å². The number of carbonyl (C=O) groups excluding carboxylic acids is 1. The van der Waals surface area contributed by atoms with Crippen molar-refractivity contribution in [3.63, 3.8) is 0 Å². The highest BCUT2D eigenvalue weighted by atomic mass is 35.5. The minimum Gasteiger partial charge on any atom is -0.462 e. The van der Waals surface area contributed by atoms with Crippen LogP contribution in [0.3, 0.4) is 0 Å². The van der Waals surface area contributed by atoms with Crippen LogP contribution in [-0.2, 0) is 19.6 Å².